The lowest BCUT2D eigenvalue weighted by atomic mass is 10.2. The lowest BCUT2D eigenvalue weighted by Crippen LogP contribution is -2.32. The van der Waals surface area contributed by atoms with E-state index < -0.39 is 17.6 Å². The van der Waals surface area contributed by atoms with Crippen molar-refractivity contribution < 1.29 is 14.0 Å². The molecule has 0 heterocycles. The third-order valence-corrected chi connectivity index (χ3v) is 3.08. The second kappa shape index (κ2) is 7.87. The number of anilines is 2. The summed E-state index contributed by atoms with van der Waals surface area (Å²) in [6.07, 6.45) is 1.42. The van der Waals surface area contributed by atoms with Crippen molar-refractivity contribution in [1.29, 1.82) is 0 Å². The summed E-state index contributed by atoms with van der Waals surface area (Å²) in [5.74, 6) is -2.38. The standard InChI is InChI=1S/C17H17FN4O2/c1-22(2)15-8-6-12(7-9-15)11-19-21-17(24)16(23)20-14-5-3-4-13(18)10-14/h3-11H,1-2H3,(H,20,23)(H,21,24)/b19-11-. The molecule has 2 amide bonds. The van der Waals surface area contributed by atoms with Gasteiger partial charge in [0.25, 0.3) is 0 Å². The van der Waals surface area contributed by atoms with E-state index in [1.54, 1.807) is 0 Å². The number of benzene rings is 2. The van der Waals surface area contributed by atoms with Gasteiger partial charge in [-0.1, -0.05) is 18.2 Å². The van der Waals surface area contributed by atoms with Gasteiger partial charge in [0.1, 0.15) is 5.82 Å². The van der Waals surface area contributed by atoms with Gasteiger partial charge in [0.15, 0.2) is 0 Å². The average molecular weight is 328 g/mol. The average Bonchev–Trinajstić information content (AvgIpc) is 2.55. The lowest BCUT2D eigenvalue weighted by molar-refractivity contribution is -0.136. The Balaban J connectivity index is 1.88. The smallest absolute Gasteiger partial charge is 0.329 e. The van der Waals surface area contributed by atoms with Gasteiger partial charge in [-0.25, -0.2) is 9.82 Å². The van der Waals surface area contributed by atoms with Crippen molar-refractivity contribution in [3.8, 4) is 0 Å². The highest BCUT2D eigenvalue weighted by Gasteiger charge is 2.12. The van der Waals surface area contributed by atoms with Crippen molar-refractivity contribution in [3.63, 3.8) is 0 Å². The van der Waals surface area contributed by atoms with Crippen molar-refractivity contribution in [3.05, 3.63) is 59.9 Å². The molecule has 7 heteroatoms. The predicted octanol–water partition coefficient (Wildman–Crippen LogP) is 1.98. The number of hydrazone groups is 1. The van der Waals surface area contributed by atoms with Crippen LogP contribution in [0.15, 0.2) is 53.6 Å². The number of hydrogen-bond donors (Lipinski definition) is 2. The van der Waals surface area contributed by atoms with Gasteiger partial charge in [-0.15, -0.1) is 0 Å². The van der Waals surface area contributed by atoms with Crippen molar-refractivity contribution in [1.82, 2.24) is 5.43 Å². The molecule has 24 heavy (non-hydrogen) atoms. The first-order valence-electron chi connectivity index (χ1n) is 7.13. The van der Waals surface area contributed by atoms with Gasteiger partial charge in [0.05, 0.1) is 6.21 Å². The second-order valence-corrected chi connectivity index (χ2v) is 5.15. The van der Waals surface area contributed by atoms with E-state index in [0.717, 1.165) is 17.3 Å². The number of carbonyl (C=O) groups excluding carboxylic acids is 2. The molecular weight excluding hydrogens is 311 g/mol. The summed E-state index contributed by atoms with van der Waals surface area (Å²) >= 11 is 0. The molecule has 0 unspecified atom stereocenters. The number of amides is 2. The SMILES string of the molecule is CN(C)c1ccc(/C=N\NC(=O)C(=O)Nc2cccc(F)c2)cc1. The van der Waals surface area contributed by atoms with E-state index in [1.165, 1.54) is 24.4 Å². The minimum atomic E-state index is -0.944. The molecule has 0 aliphatic rings. The molecule has 0 fully saturated rings. The quantitative estimate of drug-likeness (QED) is 0.512. The van der Waals surface area contributed by atoms with Crippen LogP contribution >= 0.6 is 0 Å². The molecule has 2 N–H and O–H groups in total. The second-order valence-electron chi connectivity index (χ2n) is 5.15. The lowest BCUT2D eigenvalue weighted by Gasteiger charge is -2.11. The van der Waals surface area contributed by atoms with Crippen molar-refractivity contribution in [2.24, 2.45) is 5.10 Å². The van der Waals surface area contributed by atoms with Crippen LogP contribution in [-0.2, 0) is 9.59 Å². The molecular formula is C17H17FN4O2. The Bertz CT molecular complexity index is 757. The first-order valence-corrected chi connectivity index (χ1v) is 7.13. The third kappa shape index (κ3) is 4.91. The zero-order chi connectivity index (χ0) is 17.5. The van der Waals surface area contributed by atoms with Crippen LogP contribution < -0.4 is 15.6 Å². The summed E-state index contributed by atoms with van der Waals surface area (Å²) < 4.78 is 13.0. The molecule has 0 bridgehead atoms. The van der Waals surface area contributed by atoms with E-state index in [4.69, 9.17) is 0 Å². The molecule has 0 aliphatic heterocycles. The first kappa shape index (κ1) is 17.1. The fourth-order valence-corrected chi connectivity index (χ4v) is 1.83. The maximum Gasteiger partial charge on any atom is 0.329 e. The van der Waals surface area contributed by atoms with Gasteiger partial charge in [-0.2, -0.15) is 5.10 Å². The summed E-state index contributed by atoms with van der Waals surface area (Å²) in [6, 6.07) is 12.7. The molecule has 0 saturated heterocycles. The largest absolute Gasteiger partial charge is 0.378 e. The van der Waals surface area contributed by atoms with Crippen LogP contribution in [0.4, 0.5) is 15.8 Å². The third-order valence-electron chi connectivity index (χ3n) is 3.08. The van der Waals surface area contributed by atoms with E-state index in [1.807, 2.05) is 43.3 Å². The zero-order valence-electron chi connectivity index (χ0n) is 13.3. The zero-order valence-corrected chi connectivity index (χ0v) is 13.3. The molecule has 0 spiro atoms. The maximum absolute atomic E-state index is 13.0. The number of nitrogens with zero attached hydrogens (tertiary/aromatic N) is 2. The maximum atomic E-state index is 13.0. The number of halogens is 1. The first-order chi connectivity index (χ1) is 11.5. The fourth-order valence-electron chi connectivity index (χ4n) is 1.83. The Morgan fingerprint density at radius 3 is 2.42 bits per heavy atom. The molecule has 0 atom stereocenters. The number of rotatable bonds is 4. The highest BCUT2D eigenvalue weighted by atomic mass is 19.1. The van der Waals surface area contributed by atoms with Gasteiger partial charge < -0.3 is 10.2 Å². The summed E-state index contributed by atoms with van der Waals surface area (Å²) in [4.78, 5) is 25.2. The molecule has 124 valence electrons. The minimum absolute atomic E-state index is 0.193. The highest BCUT2D eigenvalue weighted by molar-refractivity contribution is 6.39. The van der Waals surface area contributed by atoms with Gasteiger partial charge in [0.2, 0.25) is 0 Å². The molecule has 0 radical (unpaired) electrons. The minimum Gasteiger partial charge on any atom is -0.378 e. The Morgan fingerprint density at radius 2 is 1.79 bits per heavy atom. The van der Waals surface area contributed by atoms with Gasteiger partial charge in [-0.05, 0) is 35.9 Å². The molecule has 6 nitrogen and oxygen atoms in total. The van der Waals surface area contributed by atoms with E-state index >= 15 is 0 Å². The van der Waals surface area contributed by atoms with Crippen molar-refractivity contribution in [2.75, 3.05) is 24.3 Å². The monoisotopic (exact) mass is 328 g/mol. The highest BCUT2D eigenvalue weighted by Crippen LogP contribution is 2.11. The summed E-state index contributed by atoms with van der Waals surface area (Å²) in [7, 11) is 3.86. The topological polar surface area (TPSA) is 73.8 Å². The Labute approximate surface area is 139 Å². The Morgan fingerprint density at radius 1 is 1.08 bits per heavy atom. The normalized spacial score (nSPS) is 10.5. The summed E-state index contributed by atoms with van der Waals surface area (Å²) in [5, 5.41) is 6.00. The van der Waals surface area contributed by atoms with E-state index in [2.05, 4.69) is 15.8 Å². The molecule has 0 aliphatic carbocycles. The van der Waals surface area contributed by atoms with E-state index in [-0.39, 0.29) is 5.69 Å². The van der Waals surface area contributed by atoms with Crippen LogP contribution in [0.3, 0.4) is 0 Å². The van der Waals surface area contributed by atoms with Crippen LogP contribution in [0.5, 0.6) is 0 Å². The molecule has 2 aromatic carbocycles. The summed E-state index contributed by atoms with van der Waals surface area (Å²) in [6.45, 7) is 0. The van der Waals surface area contributed by atoms with Crippen LogP contribution in [0.1, 0.15) is 5.56 Å². The van der Waals surface area contributed by atoms with E-state index in [0.29, 0.717) is 0 Å². The number of carbonyl (C=O) groups is 2. The van der Waals surface area contributed by atoms with Crippen molar-refractivity contribution >= 4 is 29.4 Å². The van der Waals surface area contributed by atoms with Crippen LogP contribution in [0, 0.1) is 5.82 Å². The van der Waals surface area contributed by atoms with Crippen LogP contribution in [-0.4, -0.2) is 32.1 Å². The molecule has 2 aromatic rings. The molecule has 0 aromatic heterocycles. The molecule has 0 saturated carbocycles. The number of hydrogen-bond acceptors (Lipinski definition) is 4. The van der Waals surface area contributed by atoms with Crippen LogP contribution in [0.25, 0.3) is 0 Å². The van der Waals surface area contributed by atoms with E-state index in [9.17, 15) is 14.0 Å². The van der Waals surface area contributed by atoms with Crippen molar-refractivity contribution in [2.45, 2.75) is 0 Å². The summed E-state index contributed by atoms with van der Waals surface area (Å²) in [5.41, 5.74) is 4.11. The molecule has 2 rings (SSSR count). The van der Waals surface area contributed by atoms with Gasteiger partial charge in [-0.3, -0.25) is 9.59 Å². The predicted molar refractivity (Wildman–Crippen MR) is 91.5 cm³/mol. The fraction of sp³-hybridized carbons (Fsp3) is 0.118. The van der Waals surface area contributed by atoms with Gasteiger partial charge >= 0.3 is 11.8 Å². The van der Waals surface area contributed by atoms with Crippen LogP contribution in [0.2, 0.25) is 0 Å². The Hall–Kier alpha value is -3.22. The van der Waals surface area contributed by atoms with Gasteiger partial charge in [0, 0.05) is 25.5 Å². The number of nitrogens with one attached hydrogen (secondary N) is 2. The Kier molecular flexibility index (Phi) is 5.62.